The number of nitrogens with one attached hydrogen (secondary N) is 1. The Balaban J connectivity index is 2.11. The van der Waals surface area contributed by atoms with Gasteiger partial charge in [0, 0.05) is 6.42 Å². The molecule has 2 aromatic rings. The average molecular weight is 271 g/mol. The Morgan fingerprint density at radius 3 is 2.85 bits per heavy atom. The fourth-order valence-electron chi connectivity index (χ4n) is 2.41. The zero-order chi connectivity index (χ0) is 14.3. The van der Waals surface area contributed by atoms with Gasteiger partial charge in [-0.15, -0.1) is 0 Å². The van der Waals surface area contributed by atoms with Crippen molar-refractivity contribution in [1.29, 1.82) is 0 Å². The zero-order valence-electron chi connectivity index (χ0n) is 10.9. The van der Waals surface area contributed by atoms with Crippen molar-refractivity contribution in [3.63, 3.8) is 0 Å². The molecule has 2 heterocycles. The molecule has 1 aromatic carbocycles. The first kappa shape index (κ1) is 12.5. The molecular formula is C14H13N3O3. The molecule has 1 unspecified atom stereocenters. The summed E-state index contributed by atoms with van der Waals surface area (Å²) in [6.45, 7) is 1.92. The number of imide groups is 1. The van der Waals surface area contributed by atoms with E-state index in [4.69, 9.17) is 0 Å². The molecule has 1 N–H and O–H groups in total. The molecular weight excluding hydrogens is 258 g/mol. The van der Waals surface area contributed by atoms with Gasteiger partial charge in [-0.05, 0) is 31.0 Å². The predicted molar refractivity (Wildman–Crippen MR) is 72.2 cm³/mol. The fraction of sp³-hybridized carbons (Fsp3) is 0.286. The first-order chi connectivity index (χ1) is 9.56. The number of aryl methyl sites for hydroxylation is 1. The monoisotopic (exact) mass is 271 g/mol. The van der Waals surface area contributed by atoms with Crippen LogP contribution in [0.5, 0.6) is 0 Å². The van der Waals surface area contributed by atoms with Crippen molar-refractivity contribution in [3.8, 4) is 0 Å². The number of fused-ring (bicyclic) bond motifs is 1. The summed E-state index contributed by atoms with van der Waals surface area (Å²) in [6.07, 6.45) is 1.93. The van der Waals surface area contributed by atoms with Gasteiger partial charge in [0.2, 0.25) is 11.8 Å². The van der Waals surface area contributed by atoms with Gasteiger partial charge >= 0.3 is 0 Å². The molecule has 1 aliphatic rings. The lowest BCUT2D eigenvalue weighted by molar-refractivity contribution is -0.135. The van der Waals surface area contributed by atoms with Gasteiger partial charge in [-0.3, -0.25) is 24.3 Å². The normalized spacial score (nSPS) is 19.1. The van der Waals surface area contributed by atoms with Gasteiger partial charge in [-0.25, -0.2) is 4.98 Å². The van der Waals surface area contributed by atoms with E-state index in [1.165, 1.54) is 10.9 Å². The summed E-state index contributed by atoms with van der Waals surface area (Å²) in [7, 11) is 0. The van der Waals surface area contributed by atoms with Gasteiger partial charge in [-0.2, -0.15) is 0 Å². The van der Waals surface area contributed by atoms with Crippen molar-refractivity contribution in [3.05, 3.63) is 40.4 Å². The molecule has 0 bridgehead atoms. The summed E-state index contributed by atoms with van der Waals surface area (Å²) < 4.78 is 1.31. The van der Waals surface area contributed by atoms with E-state index in [2.05, 4.69) is 10.3 Å². The quantitative estimate of drug-likeness (QED) is 0.773. The highest BCUT2D eigenvalue weighted by Crippen LogP contribution is 2.17. The minimum absolute atomic E-state index is 0.231. The number of carbonyl (C=O) groups is 2. The van der Waals surface area contributed by atoms with Gasteiger partial charge in [0.1, 0.15) is 6.04 Å². The number of nitrogens with zero attached hydrogens (tertiary/aromatic N) is 2. The van der Waals surface area contributed by atoms with Crippen molar-refractivity contribution in [2.45, 2.75) is 25.8 Å². The van der Waals surface area contributed by atoms with Gasteiger partial charge < -0.3 is 0 Å². The van der Waals surface area contributed by atoms with Crippen molar-refractivity contribution in [2.75, 3.05) is 0 Å². The Morgan fingerprint density at radius 1 is 1.30 bits per heavy atom. The van der Waals surface area contributed by atoms with Crippen LogP contribution in [-0.4, -0.2) is 21.4 Å². The molecule has 0 saturated carbocycles. The van der Waals surface area contributed by atoms with Crippen molar-refractivity contribution < 1.29 is 9.59 Å². The molecule has 1 aromatic heterocycles. The highest BCUT2D eigenvalue weighted by atomic mass is 16.2. The van der Waals surface area contributed by atoms with Crippen LogP contribution in [0.1, 0.15) is 24.4 Å². The predicted octanol–water partition coefficient (Wildman–Crippen LogP) is 0.683. The molecule has 20 heavy (non-hydrogen) atoms. The van der Waals surface area contributed by atoms with Crippen LogP contribution in [0.4, 0.5) is 0 Å². The Bertz CT molecular complexity index is 779. The maximum Gasteiger partial charge on any atom is 0.261 e. The molecule has 1 atom stereocenters. The molecule has 0 spiro atoms. The van der Waals surface area contributed by atoms with E-state index in [0.29, 0.717) is 17.3 Å². The van der Waals surface area contributed by atoms with E-state index in [-0.39, 0.29) is 17.9 Å². The van der Waals surface area contributed by atoms with E-state index in [1.807, 2.05) is 19.1 Å². The standard InChI is InChI=1S/C14H13N3O3/c1-8-2-3-9-10(6-8)15-7-17(14(9)20)11-4-5-12(18)16-13(11)19/h2-3,6-7,11H,4-5H2,1H3,(H,16,18,19). The highest BCUT2D eigenvalue weighted by molar-refractivity contribution is 5.99. The SMILES string of the molecule is Cc1ccc2c(=O)n(C3CCC(=O)NC3=O)cnc2c1. The largest absolute Gasteiger partial charge is 0.295 e. The number of amides is 2. The number of carbonyl (C=O) groups excluding carboxylic acids is 2. The van der Waals surface area contributed by atoms with Crippen LogP contribution in [0.2, 0.25) is 0 Å². The smallest absolute Gasteiger partial charge is 0.261 e. The van der Waals surface area contributed by atoms with E-state index >= 15 is 0 Å². The summed E-state index contributed by atoms with van der Waals surface area (Å²) >= 11 is 0. The lowest BCUT2D eigenvalue weighted by atomic mass is 10.1. The summed E-state index contributed by atoms with van der Waals surface area (Å²) in [6, 6.07) is 4.70. The third-order valence-electron chi connectivity index (χ3n) is 3.49. The number of hydrogen-bond acceptors (Lipinski definition) is 4. The Morgan fingerprint density at radius 2 is 2.10 bits per heavy atom. The lowest BCUT2D eigenvalue weighted by Gasteiger charge is -2.22. The Labute approximate surface area is 114 Å². The molecule has 1 fully saturated rings. The maximum absolute atomic E-state index is 12.4. The van der Waals surface area contributed by atoms with Crippen molar-refractivity contribution >= 4 is 22.7 Å². The Hall–Kier alpha value is -2.50. The minimum Gasteiger partial charge on any atom is -0.295 e. The second-order valence-corrected chi connectivity index (χ2v) is 4.94. The maximum atomic E-state index is 12.4. The number of hydrogen-bond donors (Lipinski definition) is 1. The summed E-state index contributed by atoms with van der Waals surface area (Å²) in [4.78, 5) is 39.6. The van der Waals surface area contributed by atoms with Crippen LogP contribution in [0.3, 0.4) is 0 Å². The van der Waals surface area contributed by atoms with Crippen LogP contribution < -0.4 is 10.9 Å². The topological polar surface area (TPSA) is 81.1 Å². The average Bonchev–Trinajstić information content (AvgIpc) is 2.40. The summed E-state index contributed by atoms with van der Waals surface area (Å²) in [5.41, 5.74) is 1.37. The molecule has 102 valence electrons. The van der Waals surface area contributed by atoms with E-state index in [1.54, 1.807) is 6.07 Å². The molecule has 6 nitrogen and oxygen atoms in total. The Kier molecular flexibility index (Phi) is 2.85. The molecule has 1 aliphatic heterocycles. The van der Waals surface area contributed by atoms with Crippen molar-refractivity contribution in [1.82, 2.24) is 14.9 Å². The first-order valence-electron chi connectivity index (χ1n) is 6.37. The van der Waals surface area contributed by atoms with Gasteiger partial charge in [-0.1, -0.05) is 6.07 Å². The van der Waals surface area contributed by atoms with Crippen LogP contribution in [0, 0.1) is 6.92 Å². The number of piperidine rings is 1. The zero-order valence-corrected chi connectivity index (χ0v) is 10.9. The third kappa shape index (κ3) is 1.99. The van der Waals surface area contributed by atoms with Crippen LogP contribution in [0.25, 0.3) is 10.9 Å². The molecule has 3 rings (SSSR count). The highest BCUT2D eigenvalue weighted by Gasteiger charge is 2.29. The third-order valence-corrected chi connectivity index (χ3v) is 3.49. The first-order valence-corrected chi connectivity index (χ1v) is 6.37. The molecule has 1 saturated heterocycles. The van der Waals surface area contributed by atoms with Gasteiger partial charge in [0.25, 0.3) is 5.56 Å². The summed E-state index contributed by atoms with van der Waals surface area (Å²) in [5, 5.41) is 2.72. The van der Waals surface area contributed by atoms with Crippen LogP contribution >= 0.6 is 0 Å². The van der Waals surface area contributed by atoms with Crippen LogP contribution in [-0.2, 0) is 9.59 Å². The number of aromatic nitrogens is 2. The van der Waals surface area contributed by atoms with E-state index in [9.17, 15) is 14.4 Å². The number of benzene rings is 1. The van der Waals surface area contributed by atoms with Crippen LogP contribution in [0.15, 0.2) is 29.3 Å². The van der Waals surface area contributed by atoms with Gasteiger partial charge in [0.05, 0.1) is 17.2 Å². The lowest BCUT2D eigenvalue weighted by Crippen LogP contribution is -2.44. The fourth-order valence-corrected chi connectivity index (χ4v) is 2.41. The number of rotatable bonds is 1. The van der Waals surface area contributed by atoms with Crippen molar-refractivity contribution in [2.24, 2.45) is 0 Å². The van der Waals surface area contributed by atoms with Gasteiger partial charge in [0.15, 0.2) is 0 Å². The molecule has 6 heteroatoms. The second-order valence-electron chi connectivity index (χ2n) is 4.94. The van der Waals surface area contributed by atoms with E-state index in [0.717, 1.165) is 5.56 Å². The molecule has 2 amide bonds. The second kappa shape index (κ2) is 4.56. The molecule has 0 aliphatic carbocycles. The minimum atomic E-state index is -0.668. The molecule has 0 radical (unpaired) electrons. The van der Waals surface area contributed by atoms with E-state index < -0.39 is 11.9 Å². The summed E-state index contributed by atoms with van der Waals surface area (Å²) in [5.74, 6) is -0.750.